The van der Waals surface area contributed by atoms with E-state index < -0.39 is 5.60 Å². The summed E-state index contributed by atoms with van der Waals surface area (Å²) < 4.78 is 13.9. The molecule has 1 aliphatic rings. The van der Waals surface area contributed by atoms with Gasteiger partial charge in [0.25, 0.3) is 0 Å². The van der Waals surface area contributed by atoms with Crippen LogP contribution in [0.15, 0.2) is 22.7 Å². The van der Waals surface area contributed by atoms with Gasteiger partial charge < -0.3 is 10.4 Å². The topological polar surface area (TPSA) is 32.3 Å². The molecule has 1 saturated carbocycles. The van der Waals surface area contributed by atoms with Gasteiger partial charge in [0.05, 0.1) is 10.1 Å². The zero-order chi connectivity index (χ0) is 14.8. The molecule has 1 aliphatic carbocycles. The summed E-state index contributed by atoms with van der Waals surface area (Å²) in [5.41, 5.74) is 0.634. The number of benzene rings is 1. The van der Waals surface area contributed by atoms with Gasteiger partial charge in [-0.25, -0.2) is 4.39 Å². The Labute approximate surface area is 128 Å². The van der Waals surface area contributed by atoms with Crippen LogP contribution >= 0.6 is 15.9 Å². The summed E-state index contributed by atoms with van der Waals surface area (Å²) in [4.78, 5) is 0. The van der Waals surface area contributed by atoms with Crippen molar-refractivity contribution in [3.05, 3.63) is 34.1 Å². The molecule has 0 unspecified atom stereocenters. The fourth-order valence-corrected chi connectivity index (χ4v) is 2.90. The minimum Gasteiger partial charge on any atom is -0.389 e. The molecule has 0 heterocycles. The summed E-state index contributed by atoms with van der Waals surface area (Å²) in [7, 11) is 0. The molecule has 1 fully saturated rings. The summed E-state index contributed by atoms with van der Waals surface area (Å²) >= 11 is 3.14. The predicted molar refractivity (Wildman–Crippen MR) is 83.0 cm³/mol. The molecule has 4 heteroatoms. The van der Waals surface area contributed by atoms with Crippen LogP contribution in [-0.4, -0.2) is 17.3 Å². The molecular weight excluding hydrogens is 321 g/mol. The first kappa shape index (κ1) is 15.9. The van der Waals surface area contributed by atoms with Crippen LogP contribution in [0.1, 0.15) is 45.1 Å². The molecule has 2 nitrogen and oxygen atoms in total. The largest absolute Gasteiger partial charge is 0.389 e. The fourth-order valence-electron chi connectivity index (χ4n) is 2.66. The lowest BCUT2D eigenvalue weighted by atomic mass is 9.71. The van der Waals surface area contributed by atoms with Crippen LogP contribution in [0.25, 0.3) is 0 Å². The predicted octanol–water partition coefficient (Wildman–Crippen LogP) is 4.01. The third kappa shape index (κ3) is 4.27. The molecule has 20 heavy (non-hydrogen) atoms. The smallest absolute Gasteiger partial charge is 0.137 e. The SMILES string of the molecule is CC1(C)CCC(O)(CNCc2ccc(Br)c(F)c2)CC1. The zero-order valence-corrected chi connectivity index (χ0v) is 13.8. The summed E-state index contributed by atoms with van der Waals surface area (Å²) in [6, 6.07) is 5.11. The number of hydrogen-bond donors (Lipinski definition) is 2. The highest BCUT2D eigenvalue weighted by atomic mass is 79.9. The van der Waals surface area contributed by atoms with E-state index in [0.29, 0.717) is 23.0 Å². The number of rotatable bonds is 4. The Balaban J connectivity index is 1.82. The van der Waals surface area contributed by atoms with Gasteiger partial charge in [-0.15, -0.1) is 0 Å². The standard InChI is InChI=1S/C16H23BrFNO/c1-15(2)5-7-16(20,8-6-15)11-19-10-12-3-4-13(17)14(18)9-12/h3-4,9,19-20H,5-8,10-11H2,1-2H3. The van der Waals surface area contributed by atoms with E-state index in [9.17, 15) is 9.50 Å². The van der Waals surface area contributed by atoms with Crippen molar-refractivity contribution in [3.8, 4) is 0 Å². The van der Waals surface area contributed by atoms with Crippen molar-refractivity contribution < 1.29 is 9.50 Å². The average Bonchev–Trinajstić information content (AvgIpc) is 2.38. The second kappa shape index (κ2) is 6.12. The van der Waals surface area contributed by atoms with Crippen LogP contribution < -0.4 is 5.32 Å². The first-order valence-electron chi connectivity index (χ1n) is 7.17. The van der Waals surface area contributed by atoms with E-state index in [-0.39, 0.29) is 5.82 Å². The third-order valence-electron chi connectivity index (χ3n) is 4.30. The molecule has 0 bridgehead atoms. The Hall–Kier alpha value is -0.450. The highest BCUT2D eigenvalue weighted by Crippen LogP contribution is 2.39. The molecule has 0 saturated heterocycles. The van der Waals surface area contributed by atoms with Crippen molar-refractivity contribution in [2.24, 2.45) is 5.41 Å². The van der Waals surface area contributed by atoms with E-state index in [1.807, 2.05) is 6.07 Å². The van der Waals surface area contributed by atoms with Gasteiger partial charge in [-0.05, 0) is 64.7 Å². The second-order valence-electron chi connectivity index (χ2n) is 6.74. The molecule has 2 rings (SSSR count). The van der Waals surface area contributed by atoms with Crippen molar-refractivity contribution in [1.82, 2.24) is 5.32 Å². The number of aliphatic hydroxyl groups is 1. The summed E-state index contributed by atoms with van der Waals surface area (Å²) in [5, 5.41) is 13.8. The maximum absolute atomic E-state index is 13.4. The van der Waals surface area contributed by atoms with Crippen molar-refractivity contribution in [2.75, 3.05) is 6.54 Å². The van der Waals surface area contributed by atoms with Crippen LogP contribution in [-0.2, 0) is 6.54 Å². The Morgan fingerprint density at radius 2 is 1.90 bits per heavy atom. The second-order valence-corrected chi connectivity index (χ2v) is 7.59. The van der Waals surface area contributed by atoms with Gasteiger partial charge in [0.15, 0.2) is 0 Å². The molecule has 0 radical (unpaired) electrons. The van der Waals surface area contributed by atoms with Crippen LogP contribution in [0.4, 0.5) is 4.39 Å². The molecule has 1 aromatic rings. The van der Waals surface area contributed by atoms with E-state index in [0.717, 1.165) is 31.2 Å². The number of halogens is 2. The Morgan fingerprint density at radius 3 is 2.50 bits per heavy atom. The van der Waals surface area contributed by atoms with Gasteiger partial charge >= 0.3 is 0 Å². The first-order chi connectivity index (χ1) is 9.30. The van der Waals surface area contributed by atoms with E-state index >= 15 is 0 Å². The summed E-state index contributed by atoms with van der Waals surface area (Å²) in [6.07, 6.45) is 3.78. The van der Waals surface area contributed by atoms with Gasteiger partial charge in [-0.1, -0.05) is 19.9 Å². The molecular formula is C16H23BrFNO. The van der Waals surface area contributed by atoms with Crippen molar-refractivity contribution in [2.45, 2.75) is 51.7 Å². The minimum absolute atomic E-state index is 0.248. The quantitative estimate of drug-likeness (QED) is 0.865. The van der Waals surface area contributed by atoms with Crippen LogP contribution in [0.3, 0.4) is 0 Å². The van der Waals surface area contributed by atoms with Crippen molar-refractivity contribution in [3.63, 3.8) is 0 Å². The van der Waals surface area contributed by atoms with E-state index in [1.165, 1.54) is 6.07 Å². The van der Waals surface area contributed by atoms with Gasteiger partial charge in [-0.2, -0.15) is 0 Å². The molecule has 0 amide bonds. The lowest BCUT2D eigenvalue weighted by molar-refractivity contribution is -0.0245. The maximum atomic E-state index is 13.4. The highest BCUT2D eigenvalue weighted by Gasteiger charge is 2.36. The molecule has 0 aliphatic heterocycles. The highest BCUT2D eigenvalue weighted by molar-refractivity contribution is 9.10. The van der Waals surface area contributed by atoms with Gasteiger partial charge in [-0.3, -0.25) is 0 Å². The average molecular weight is 344 g/mol. The Kier molecular flexibility index (Phi) is 4.88. The van der Waals surface area contributed by atoms with Gasteiger partial charge in [0.1, 0.15) is 5.82 Å². The number of nitrogens with one attached hydrogen (secondary N) is 1. The van der Waals surface area contributed by atoms with Gasteiger partial charge in [0.2, 0.25) is 0 Å². The van der Waals surface area contributed by atoms with Crippen LogP contribution in [0.2, 0.25) is 0 Å². The van der Waals surface area contributed by atoms with Crippen molar-refractivity contribution >= 4 is 15.9 Å². The van der Waals surface area contributed by atoms with Crippen LogP contribution in [0, 0.1) is 11.2 Å². The summed E-state index contributed by atoms with van der Waals surface area (Å²) in [6.45, 7) is 5.66. The van der Waals surface area contributed by atoms with Gasteiger partial charge in [0, 0.05) is 13.1 Å². The lowest BCUT2D eigenvalue weighted by Gasteiger charge is -2.40. The van der Waals surface area contributed by atoms with E-state index in [4.69, 9.17) is 0 Å². The summed E-state index contributed by atoms with van der Waals surface area (Å²) in [5.74, 6) is -0.248. The molecule has 0 atom stereocenters. The van der Waals surface area contributed by atoms with Crippen LogP contribution in [0.5, 0.6) is 0 Å². The van der Waals surface area contributed by atoms with E-state index in [2.05, 4.69) is 35.1 Å². The third-order valence-corrected chi connectivity index (χ3v) is 4.94. The first-order valence-corrected chi connectivity index (χ1v) is 7.96. The Bertz CT molecular complexity index is 466. The maximum Gasteiger partial charge on any atom is 0.137 e. The molecule has 0 spiro atoms. The lowest BCUT2D eigenvalue weighted by Crippen LogP contribution is -2.44. The Morgan fingerprint density at radius 1 is 1.25 bits per heavy atom. The molecule has 0 aromatic heterocycles. The molecule has 112 valence electrons. The molecule has 2 N–H and O–H groups in total. The molecule has 1 aromatic carbocycles. The normalized spacial score (nSPS) is 20.9. The number of hydrogen-bond acceptors (Lipinski definition) is 2. The fraction of sp³-hybridized carbons (Fsp3) is 0.625. The zero-order valence-electron chi connectivity index (χ0n) is 12.2. The monoisotopic (exact) mass is 343 g/mol. The van der Waals surface area contributed by atoms with E-state index in [1.54, 1.807) is 6.07 Å². The van der Waals surface area contributed by atoms with Crippen molar-refractivity contribution in [1.29, 1.82) is 0 Å². The minimum atomic E-state index is -0.608.